The van der Waals surface area contributed by atoms with E-state index in [2.05, 4.69) is 0 Å². The number of carboxylic acids is 1. The molecule has 2 aromatic rings. The van der Waals surface area contributed by atoms with Crippen molar-refractivity contribution < 1.29 is 57.6 Å². The molecule has 34 heavy (non-hydrogen) atoms. The van der Waals surface area contributed by atoms with Crippen LogP contribution >= 0.6 is 11.6 Å². The van der Waals surface area contributed by atoms with E-state index >= 15 is 0 Å². The van der Waals surface area contributed by atoms with Gasteiger partial charge in [0.2, 0.25) is 6.29 Å². The van der Waals surface area contributed by atoms with Crippen LogP contribution in [-0.4, -0.2) is 73.8 Å². The summed E-state index contributed by atoms with van der Waals surface area (Å²) in [5.41, 5.74) is -2.99. The molecule has 1 aliphatic heterocycles. The zero-order chi connectivity index (χ0) is 30.2. The van der Waals surface area contributed by atoms with Crippen molar-refractivity contribution in [3.8, 4) is 5.75 Å². The molecular formula is C23H25ClO10. The number of carbonyl (C=O) groups is 2. The number of rotatable bonds is 7. The molecule has 0 spiro atoms. The minimum atomic E-state index is -3.75. The molecule has 184 valence electrons. The Morgan fingerprint density at radius 2 is 1.56 bits per heavy atom. The first-order valence-corrected chi connectivity index (χ1v) is 10.1. The Labute approximate surface area is 208 Å². The van der Waals surface area contributed by atoms with Crippen LogP contribution < -0.4 is 4.74 Å². The van der Waals surface area contributed by atoms with Gasteiger partial charge in [0.25, 0.3) is 0 Å². The fourth-order valence-corrected chi connectivity index (χ4v) is 3.24. The van der Waals surface area contributed by atoms with Gasteiger partial charge < -0.3 is 39.7 Å². The number of esters is 1. The first-order chi connectivity index (χ1) is 18.4. The van der Waals surface area contributed by atoms with Crippen molar-refractivity contribution in [2.24, 2.45) is 0 Å². The predicted molar refractivity (Wildman–Crippen MR) is 117 cm³/mol. The van der Waals surface area contributed by atoms with Gasteiger partial charge in [-0.15, -0.1) is 0 Å². The number of benzene rings is 2. The van der Waals surface area contributed by atoms with E-state index in [1.165, 1.54) is 12.1 Å². The molecule has 1 fully saturated rings. The lowest BCUT2D eigenvalue weighted by Crippen LogP contribution is -2.61. The van der Waals surface area contributed by atoms with Crippen molar-refractivity contribution in [3.63, 3.8) is 0 Å². The fraction of sp³-hybridized carbons (Fsp3) is 0.391. The highest BCUT2D eigenvalue weighted by molar-refractivity contribution is 6.30. The first-order valence-electron chi connectivity index (χ1n) is 12.8. The minimum absolute atomic E-state index is 0.289. The average Bonchev–Trinajstić information content (AvgIpc) is 2.86. The van der Waals surface area contributed by atoms with Crippen LogP contribution in [0.25, 0.3) is 0 Å². The lowest BCUT2D eigenvalue weighted by Gasteiger charge is -2.39. The van der Waals surface area contributed by atoms with Crippen molar-refractivity contribution in [2.45, 2.75) is 56.1 Å². The van der Waals surface area contributed by atoms with E-state index in [-0.39, 0.29) is 5.56 Å². The molecule has 0 radical (unpaired) electrons. The van der Waals surface area contributed by atoms with Gasteiger partial charge in [0.05, 0.1) is 0 Å². The molecule has 1 heterocycles. The number of carbonyl (C=O) groups excluding carboxylic acids is 1. The molecule has 0 amide bonds. The normalized spacial score (nSPS) is 29.3. The number of carboxylic acid groups (broad SMARTS) is 1. The second-order valence-corrected chi connectivity index (χ2v) is 7.88. The molecule has 3 rings (SSSR count). The van der Waals surface area contributed by atoms with Gasteiger partial charge in [-0.2, -0.15) is 0 Å². The third-order valence-electron chi connectivity index (χ3n) is 4.98. The van der Waals surface area contributed by atoms with E-state index in [1.54, 1.807) is 24.3 Å². The summed E-state index contributed by atoms with van der Waals surface area (Å²) < 4.78 is 62.1. The van der Waals surface area contributed by atoms with Crippen LogP contribution in [-0.2, 0) is 19.1 Å². The molecule has 10 nitrogen and oxygen atoms in total. The molecule has 6 atom stereocenters. The Kier molecular flexibility index (Phi) is 5.61. The quantitative estimate of drug-likeness (QED) is 0.345. The van der Waals surface area contributed by atoms with Gasteiger partial charge in [-0.1, -0.05) is 35.9 Å². The van der Waals surface area contributed by atoms with Crippen LogP contribution in [0, 0.1) is 0 Å². The molecule has 11 heteroatoms. The number of hydrogen-bond donors (Lipinski definition) is 5. The first kappa shape index (κ1) is 18.6. The monoisotopic (exact) mass is 502 g/mol. The maximum Gasteiger partial charge on any atom is 0.352 e. The number of aliphatic hydroxyl groups excluding tert-OH is 4. The second-order valence-electron chi connectivity index (χ2n) is 7.45. The SMILES string of the molecule is [2H]C([2H])([2H])C(Oc1ccc(C(O)c2ccc(Cl)cc2)cc1)(C(=O)O[C@@H]1O[C@H](C(=O)O)[C@@H](O)[C@H](O)[C@H]1O)C([2H])([2H])[2H]. The Morgan fingerprint density at radius 3 is 2.09 bits per heavy atom. The maximum absolute atomic E-state index is 13.2. The summed E-state index contributed by atoms with van der Waals surface area (Å²) in [6.45, 7) is -7.50. The number of aliphatic hydroxyl groups is 4. The van der Waals surface area contributed by atoms with Crippen LogP contribution in [0.5, 0.6) is 5.75 Å². The van der Waals surface area contributed by atoms with Crippen LogP contribution in [0.4, 0.5) is 0 Å². The third-order valence-corrected chi connectivity index (χ3v) is 5.23. The fourth-order valence-electron chi connectivity index (χ4n) is 3.11. The van der Waals surface area contributed by atoms with Crippen LogP contribution in [0.15, 0.2) is 48.5 Å². The molecule has 1 saturated heterocycles. The van der Waals surface area contributed by atoms with Crippen molar-refractivity contribution >= 4 is 23.5 Å². The van der Waals surface area contributed by atoms with E-state index in [1.807, 2.05) is 0 Å². The molecule has 0 bridgehead atoms. The highest BCUT2D eigenvalue weighted by Crippen LogP contribution is 2.28. The molecule has 0 saturated carbocycles. The molecule has 5 N–H and O–H groups in total. The van der Waals surface area contributed by atoms with Crippen LogP contribution in [0.1, 0.15) is 39.2 Å². The van der Waals surface area contributed by atoms with Gasteiger partial charge in [-0.3, -0.25) is 0 Å². The van der Waals surface area contributed by atoms with E-state index < -0.39 is 73.8 Å². The van der Waals surface area contributed by atoms with Gasteiger partial charge in [-0.05, 0) is 49.1 Å². The summed E-state index contributed by atoms with van der Waals surface area (Å²) in [6.07, 6.45) is -12.4. The topological polar surface area (TPSA) is 163 Å². The summed E-state index contributed by atoms with van der Waals surface area (Å²) in [5.74, 6) is -4.37. The van der Waals surface area contributed by atoms with E-state index in [0.29, 0.717) is 10.6 Å². The number of aliphatic carboxylic acids is 1. The third kappa shape index (κ3) is 5.66. The Hall–Kier alpha value is -2.73. The average molecular weight is 503 g/mol. The number of halogens is 1. The van der Waals surface area contributed by atoms with Gasteiger partial charge in [0.15, 0.2) is 11.7 Å². The number of ether oxygens (including phenoxy) is 3. The van der Waals surface area contributed by atoms with Crippen molar-refractivity contribution in [2.75, 3.05) is 0 Å². The van der Waals surface area contributed by atoms with Crippen LogP contribution in [0.3, 0.4) is 0 Å². The molecule has 1 unspecified atom stereocenters. The van der Waals surface area contributed by atoms with E-state index in [0.717, 1.165) is 12.1 Å². The molecule has 0 aromatic heterocycles. The number of hydrogen-bond acceptors (Lipinski definition) is 9. The zero-order valence-electron chi connectivity index (χ0n) is 23.2. The molecule has 0 aliphatic carbocycles. The van der Waals surface area contributed by atoms with E-state index in [9.17, 15) is 35.1 Å². The highest BCUT2D eigenvalue weighted by atomic mass is 35.5. The van der Waals surface area contributed by atoms with Gasteiger partial charge in [0, 0.05) is 13.2 Å². The second kappa shape index (κ2) is 10.3. The largest absolute Gasteiger partial charge is 0.479 e. The summed E-state index contributed by atoms with van der Waals surface area (Å²) in [7, 11) is 0. The Balaban J connectivity index is 1.94. The summed E-state index contributed by atoms with van der Waals surface area (Å²) >= 11 is 5.85. The molecular weight excluding hydrogens is 472 g/mol. The standard InChI is InChI=1S/C23H25ClO10/c1-23(2,22(31)33-21-18(28)16(26)17(27)19(32-21)20(29)30)34-14-9-5-12(6-10-14)15(25)11-3-7-13(24)8-4-11/h3-10,15-19,21,25-28H,1-2H3,(H,29,30)/t15?,16-,17-,18+,19-,21-/m0/s1/i1D3,2D3. The smallest absolute Gasteiger partial charge is 0.352 e. The van der Waals surface area contributed by atoms with Crippen molar-refractivity contribution in [1.82, 2.24) is 0 Å². The van der Waals surface area contributed by atoms with Crippen molar-refractivity contribution in [1.29, 1.82) is 0 Å². The zero-order valence-corrected chi connectivity index (χ0v) is 18.0. The van der Waals surface area contributed by atoms with E-state index in [4.69, 9.17) is 34.0 Å². The van der Waals surface area contributed by atoms with Crippen molar-refractivity contribution in [3.05, 3.63) is 64.7 Å². The maximum atomic E-state index is 13.2. The summed E-state index contributed by atoms with van der Waals surface area (Å²) in [5, 5.41) is 50.1. The summed E-state index contributed by atoms with van der Waals surface area (Å²) in [4.78, 5) is 24.6. The summed E-state index contributed by atoms with van der Waals surface area (Å²) in [6, 6.07) is 11.0. The highest BCUT2D eigenvalue weighted by Gasteiger charge is 2.49. The lowest BCUT2D eigenvalue weighted by atomic mass is 9.99. The molecule has 1 aliphatic rings. The van der Waals surface area contributed by atoms with Gasteiger partial charge in [-0.25, -0.2) is 9.59 Å². The van der Waals surface area contributed by atoms with Gasteiger partial charge in [0.1, 0.15) is 30.2 Å². The van der Waals surface area contributed by atoms with Crippen LogP contribution in [0.2, 0.25) is 5.02 Å². The Bertz CT molecular complexity index is 1190. The lowest BCUT2D eigenvalue weighted by molar-refractivity contribution is -0.289. The molecule has 2 aromatic carbocycles. The van der Waals surface area contributed by atoms with Gasteiger partial charge >= 0.3 is 11.9 Å². The Morgan fingerprint density at radius 1 is 1.00 bits per heavy atom. The minimum Gasteiger partial charge on any atom is -0.479 e. The predicted octanol–water partition coefficient (Wildman–Crippen LogP) is 1.01.